The van der Waals surface area contributed by atoms with Crippen LogP contribution >= 0.6 is 11.5 Å². The summed E-state index contributed by atoms with van der Waals surface area (Å²) >= 11 is 0.731. The van der Waals surface area contributed by atoms with E-state index in [4.69, 9.17) is 11.5 Å². The summed E-state index contributed by atoms with van der Waals surface area (Å²) in [6.45, 7) is -0.488. The van der Waals surface area contributed by atoms with Crippen LogP contribution < -0.4 is 16.8 Å². The minimum Gasteiger partial charge on any atom is -0.395 e. The van der Waals surface area contributed by atoms with E-state index in [1.54, 1.807) is 12.1 Å². The van der Waals surface area contributed by atoms with E-state index in [0.29, 0.717) is 5.56 Å². The van der Waals surface area contributed by atoms with Crippen molar-refractivity contribution in [1.29, 1.82) is 0 Å². The Labute approximate surface area is 177 Å². The zero-order chi connectivity index (χ0) is 21.7. The molecule has 1 saturated carbocycles. The number of primary amides is 1. The summed E-state index contributed by atoms with van der Waals surface area (Å²) in [5, 5.41) is 12.6. The smallest absolute Gasteiger partial charge is 0.270 e. The predicted octanol–water partition coefficient (Wildman–Crippen LogP) is 0.454. The molecule has 2 aromatic heterocycles. The van der Waals surface area contributed by atoms with Gasteiger partial charge in [-0.25, -0.2) is 0 Å². The van der Waals surface area contributed by atoms with Crippen LogP contribution in [0.4, 0.5) is 5.69 Å². The number of aliphatic hydroxyl groups is 1. The summed E-state index contributed by atoms with van der Waals surface area (Å²) < 4.78 is 3.86. The summed E-state index contributed by atoms with van der Waals surface area (Å²) in [7, 11) is 0. The number of hydrogen-bond donors (Lipinski definition) is 4. The van der Waals surface area contributed by atoms with Crippen molar-refractivity contribution in [3.63, 3.8) is 0 Å². The van der Waals surface area contributed by atoms with Gasteiger partial charge in [0.05, 0.1) is 12.3 Å². The normalized spacial score (nSPS) is 15.0. The van der Waals surface area contributed by atoms with Crippen LogP contribution in [0.25, 0.3) is 0 Å². The van der Waals surface area contributed by atoms with Gasteiger partial charge in [0.15, 0.2) is 5.69 Å². The van der Waals surface area contributed by atoms with Crippen LogP contribution in [0.5, 0.6) is 0 Å². The molecule has 2 heterocycles. The monoisotopic (exact) mass is 432 g/mol. The van der Waals surface area contributed by atoms with Crippen molar-refractivity contribution in [2.75, 3.05) is 18.9 Å². The number of rotatable bonds is 8. The van der Waals surface area contributed by atoms with Crippen molar-refractivity contribution in [2.45, 2.75) is 37.8 Å². The second-order valence-electron chi connectivity index (χ2n) is 7.03. The number of hydrogen-bond acceptors (Lipinski definition) is 8. The van der Waals surface area contributed by atoms with E-state index in [9.17, 15) is 19.5 Å². The molecule has 1 atom stereocenters. The molecule has 0 aromatic carbocycles. The molecule has 11 heteroatoms. The predicted molar refractivity (Wildman–Crippen MR) is 111 cm³/mol. The molecule has 30 heavy (non-hydrogen) atoms. The van der Waals surface area contributed by atoms with Gasteiger partial charge in [0, 0.05) is 25.0 Å². The maximum atomic E-state index is 13.3. The average Bonchev–Trinajstić information content (AvgIpc) is 3.37. The molecule has 6 N–H and O–H groups in total. The lowest BCUT2D eigenvalue weighted by Gasteiger charge is -2.31. The molecule has 160 valence electrons. The highest BCUT2D eigenvalue weighted by atomic mass is 32.1. The van der Waals surface area contributed by atoms with E-state index in [-0.39, 0.29) is 41.4 Å². The van der Waals surface area contributed by atoms with E-state index < -0.39 is 17.9 Å². The van der Waals surface area contributed by atoms with Crippen molar-refractivity contribution in [3.05, 3.63) is 40.7 Å². The van der Waals surface area contributed by atoms with Crippen molar-refractivity contribution in [2.24, 2.45) is 5.73 Å². The lowest BCUT2D eigenvalue weighted by molar-refractivity contribution is -0.126. The van der Waals surface area contributed by atoms with E-state index in [2.05, 4.69) is 14.7 Å². The van der Waals surface area contributed by atoms with E-state index >= 15 is 0 Å². The van der Waals surface area contributed by atoms with Gasteiger partial charge in [-0.2, -0.15) is 4.37 Å². The fraction of sp³-hybridized carbons (Fsp3) is 0.421. The first-order chi connectivity index (χ1) is 14.4. The molecule has 1 fully saturated rings. The lowest BCUT2D eigenvalue weighted by atomic mass is 10.0. The third-order valence-electron chi connectivity index (χ3n) is 5.04. The van der Waals surface area contributed by atoms with Crippen LogP contribution in [0, 0.1) is 0 Å². The van der Waals surface area contributed by atoms with Gasteiger partial charge in [-0.1, -0.05) is 12.8 Å². The Morgan fingerprint density at radius 2 is 1.93 bits per heavy atom. The van der Waals surface area contributed by atoms with Crippen molar-refractivity contribution in [1.82, 2.24) is 19.6 Å². The molecule has 2 aromatic rings. The average molecular weight is 433 g/mol. The highest BCUT2D eigenvalue weighted by Crippen LogP contribution is 2.29. The Kier molecular flexibility index (Phi) is 6.95. The molecule has 0 aliphatic heterocycles. The van der Waals surface area contributed by atoms with Crippen molar-refractivity contribution < 1.29 is 19.5 Å². The number of aliphatic hydroxyl groups excluding tert-OH is 1. The molecule has 0 bridgehead atoms. The maximum absolute atomic E-state index is 13.3. The first kappa shape index (κ1) is 21.7. The Balaban J connectivity index is 1.97. The van der Waals surface area contributed by atoms with Gasteiger partial charge >= 0.3 is 0 Å². The van der Waals surface area contributed by atoms with Gasteiger partial charge in [0.2, 0.25) is 5.91 Å². The summed E-state index contributed by atoms with van der Waals surface area (Å²) in [4.78, 5) is 43.2. The Morgan fingerprint density at radius 3 is 2.50 bits per heavy atom. The molecule has 0 saturated heterocycles. The molecule has 1 unspecified atom stereocenters. The lowest BCUT2D eigenvalue weighted by Crippen LogP contribution is -2.47. The number of carbonyl (C=O) groups excluding carboxylic acids is 3. The number of aromatic nitrogens is 2. The second kappa shape index (κ2) is 9.63. The van der Waals surface area contributed by atoms with Gasteiger partial charge in [0.1, 0.15) is 10.9 Å². The number of anilines is 1. The largest absolute Gasteiger partial charge is 0.395 e. The Hall–Kier alpha value is -3.05. The summed E-state index contributed by atoms with van der Waals surface area (Å²) in [6, 6.07) is 2.32. The topological polar surface area (TPSA) is 165 Å². The molecular weight excluding hydrogens is 408 g/mol. The highest BCUT2D eigenvalue weighted by Gasteiger charge is 2.35. The Bertz CT molecular complexity index is 913. The third-order valence-corrected chi connectivity index (χ3v) is 5.89. The number of amides is 3. The van der Waals surface area contributed by atoms with E-state index in [0.717, 1.165) is 37.2 Å². The highest BCUT2D eigenvalue weighted by molar-refractivity contribution is 7.09. The van der Waals surface area contributed by atoms with Gasteiger partial charge in [-0.3, -0.25) is 19.4 Å². The van der Waals surface area contributed by atoms with Gasteiger partial charge < -0.3 is 26.8 Å². The number of nitrogens with two attached hydrogens (primary N) is 2. The minimum atomic E-state index is -1.01. The zero-order valence-corrected chi connectivity index (χ0v) is 17.1. The summed E-state index contributed by atoms with van der Waals surface area (Å²) in [6.07, 6.45) is 6.89. The van der Waals surface area contributed by atoms with Crippen molar-refractivity contribution >= 4 is 34.9 Å². The molecule has 3 amide bonds. The maximum Gasteiger partial charge on any atom is 0.270 e. The van der Waals surface area contributed by atoms with Gasteiger partial charge in [-0.05, 0) is 42.1 Å². The molecule has 0 spiro atoms. The van der Waals surface area contributed by atoms with Crippen LogP contribution in [0.3, 0.4) is 0 Å². The minimum absolute atomic E-state index is 0.00928. The van der Waals surface area contributed by atoms with Crippen LogP contribution in [-0.4, -0.2) is 56.3 Å². The number of nitrogen functional groups attached to an aromatic ring is 1. The first-order valence-corrected chi connectivity index (χ1v) is 10.4. The van der Waals surface area contributed by atoms with Crippen LogP contribution in [0.1, 0.15) is 57.4 Å². The molecular formula is C19H24N6O4S. The fourth-order valence-corrected chi connectivity index (χ4v) is 4.35. The van der Waals surface area contributed by atoms with Crippen LogP contribution in [0.2, 0.25) is 0 Å². The second-order valence-corrected chi connectivity index (χ2v) is 7.81. The molecule has 3 rings (SSSR count). The molecule has 1 aliphatic carbocycles. The standard InChI is InChI=1S/C19H24N6O4S/c20-13-14(17(21)27)24-30-16(13)19(29)25(9-10-26)15(11-5-7-22-8-6-11)18(28)23-12-3-1-2-4-12/h5-8,12,15,26H,1-4,9-10,20H2,(H2,21,27)(H,23,28). The third kappa shape index (κ3) is 4.57. The SMILES string of the molecule is NC(=O)c1nsc(C(=O)N(CCO)C(C(=O)NC2CCCC2)c2ccncc2)c1N. The number of pyridine rings is 1. The Morgan fingerprint density at radius 1 is 1.27 bits per heavy atom. The fourth-order valence-electron chi connectivity index (χ4n) is 3.58. The quantitative estimate of drug-likeness (QED) is 0.470. The van der Waals surface area contributed by atoms with Crippen LogP contribution in [0.15, 0.2) is 24.5 Å². The summed E-state index contributed by atoms with van der Waals surface area (Å²) in [5.74, 6) is -1.82. The van der Waals surface area contributed by atoms with E-state index in [1.165, 1.54) is 17.3 Å². The van der Waals surface area contributed by atoms with Crippen LogP contribution in [-0.2, 0) is 4.79 Å². The molecule has 0 radical (unpaired) electrons. The van der Waals surface area contributed by atoms with Gasteiger partial charge in [-0.15, -0.1) is 0 Å². The van der Waals surface area contributed by atoms with Crippen molar-refractivity contribution in [3.8, 4) is 0 Å². The number of nitrogens with one attached hydrogen (secondary N) is 1. The van der Waals surface area contributed by atoms with E-state index in [1.807, 2.05) is 0 Å². The molecule has 10 nitrogen and oxygen atoms in total. The molecule has 1 aliphatic rings. The summed E-state index contributed by atoms with van der Waals surface area (Å²) in [5.41, 5.74) is 11.4. The van der Waals surface area contributed by atoms with Gasteiger partial charge in [0.25, 0.3) is 11.8 Å². The number of carbonyl (C=O) groups is 3. The first-order valence-electron chi connectivity index (χ1n) is 9.61. The zero-order valence-electron chi connectivity index (χ0n) is 16.3. The number of nitrogens with zero attached hydrogens (tertiary/aromatic N) is 3.